The Kier molecular flexibility index (Phi) is 4.24. The van der Waals surface area contributed by atoms with Gasteiger partial charge in [-0.05, 0) is 24.3 Å². The Labute approximate surface area is 128 Å². The monoisotopic (exact) mass is 302 g/mol. The second-order valence-corrected chi connectivity index (χ2v) is 6.25. The molecule has 1 aromatic heterocycles. The number of nitrogens with one attached hydrogen (secondary N) is 1. The molecule has 1 saturated carbocycles. The lowest BCUT2D eigenvalue weighted by molar-refractivity contribution is -0.119. The van der Waals surface area contributed by atoms with Gasteiger partial charge in [0.05, 0.1) is 11.8 Å². The number of nitrogens with zero attached hydrogens (tertiary/aromatic N) is 3. The Morgan fingerprint density at radius 2 is 2.19 bits per heavy atom. The first-order valence-electron chi connectivity index (χ1n) is 7.05. The lowest BCUT2D eigenvalue weighted by Crippen LogP contribution is -2.31. The molecule has 0 saturated heterocycles. The average Bonchev–Trinajstić information content (AvgIpc) is 3.26. The first kappa shape index (κ1) is 14.1. The molecule has 110 valence electrons. The third kappa shape index (κ3) is 3.64. The van der Waals surface area contributed by atoms with Crippen molar-refractivity contribution in [3.05, 3.63) is 42.2 Å². The van der Waals surface area contributed by atoms with E-state index in [1.54, 1.807) is 6.33 Å². The molecule has 0 aliphatic heterocycles. The molecule has 5 nitrogen and oxygen atoms in total. The Morgan fingerprint density at radius 3 is 2.81 bits per heavy atom. The Balaban J connectivity index is 1.58. The predicted octanol–water partition coefficient (Wildman–Crippen LogP) is 2.17. The highest BCUT2D eigenvalue weighted by Crippen LogP contribution is 2.40. The predicted molar refractivity (Wildman–Crippen MR) is 81.8 cm³/mol. The van der Waals surface area contributed by atoms with Crippen molar-refractivity contribution in [2.45, 2.75) is 24.0 Å². The van der Waals surface area contributed by atoms with Gasteiger partial charge in [-0.2, -0.15) is 0 Å². The number of aryl methyl sites for hydroxylation is 1. The van der Waals surface area contributed by atoms with Crippen molar-refractivity contribution in [3.8, 4) is 0 Å². The van der Waals surface area contributed by atoms with Crippen LogP contribution < -0.4 is 5.32 Å². The lowest BCUT2D eigenvalue weighted by Gasteiger charge is -2.18. The highest BCUT2D eigenvalue weighted by molar-refractivity contribution is 7.99. The van der Waals surface area contributed by atoms with Crippen LogP contribution in [-0.4, -0.2) is 26.4 Å². The molecule has 1 heterocycles. The summed E-state index contributed by atoms with van der Waals surface area (Å²) < 4.78 is 1.81. The quantitative estimate of drug-likeness (QED) is 0.831. The highest BCUT2D eigenvalue weighted by Gasteiger charge is 2.33. The number of thioether (sulfide) groups is 1. The molecule has 1 unspecified atom stereocenters. The fourth-order valence-corrected chi connectivity index (χ4v) is 3.01. The largest absolute Gasteiger partial charge is 0.348 e. The number of hydrogen-bond acceptors (Lipinski definition) is 4. The van der Waals surface area contributed by atoms with Gasteiger partial charge < -0.3 is 9.88 Å². The Bertz CT molecular complexity index is 609. The Morgan fingerprint density at radius 1 is 1.43 bits per heavy atom. The Hall–Kier alpha value is -1.82. The number of rotatable bonds is 6. The van der Waals surface area contributed by atoms with Crippen LogP contribution in [0.25, 0.3) is 0 Å². The minimum atomic E-state index is 0.0451. The van der Waals surface area contributed by atoms with Crippen molar-refractivity contribution in [2.75, 3.05) is 5.75 Å². The maximum atomic E-state index is 12.2. The molecule has 0 bridgehead atoms. The van der Waals surface area contributed by atoms with Crippen LogP contribution in [0.2, 0.25) is 0 Å². The molecule has 1 fully saturated rings. The van der Waals surface area contributed by atoms with E-state index < -0.39 is 0 Å². The molecule has 1 aliphatic carbocycles. The molecule has 21 heavy (non-hydrogen) atoms. The first-order valence-corrected chi connectivity index (χ1v) is 8.03. The second-order valence-electron chi connectivity index (χ2n) is 5.31. The first-order chi connectivity index (χ1) is 10.2. The van der Waals surface area contributed by atoms with Crippen LogP contribution in [0.4, 0.5) is 0 Å². The highest BCUT2D eigenvalue weighted by atomic mass is 32.2. The minimum Gasteiger partial charge on any atom is -0.348 e. The number of benzene rings is 1. The fourth-order valence-electron chi connectivity index (χ4n) is 2.31. The van der Waals surface area contributed by atoms with Gasteiger partial charge in [0, 0.05) is 7.05 Å². The molecule has 1 aromatic carbocycles. The zero-order valence-electron chi connectivity index (χ0n) is 11.9. The van der Waals surface area contributed by atoms with E-state index in [2.05, 4.69) is 27.6 Å². The maximum absolute atomic E-state index is 12.2. The second kappa shape index (κ2) is 6.30. The van der Waals surface area contributed by atoms with Gasteiger partial charge in [0.2, 0.25) is 5.91 Å². The van der Waals surface area contributed by atoms with Crippen LogP contribution in [0.15, 0.2) is 41.8 Å². The topological polar surface area (TPSA) is 59.8 Å². The zero-order chi connectivity index (χ0) is 14.7. The third-order valence-electron chi connectivity index (χ3n) is 3.57. The molecule has 1 N–H and O–H groups in total. The van der Waals surface area contributed by atoms with E-state index in [-0.39, 0.29) is 11.9 Å². The maximum Gasteiger partial charge on any atom is 0.230 e. The van der Waals surface area contributed by atoms with E-state index in [9.17, 15) is 4.79 Å². The van der Waals surface area contributed by atoms with Gasteiger partial charge >= 0.3 is 0 Å². The standard InChI is InChI=1S/C15H18N4OS/c1-19-10-16-18-15(19)21-9-13(20)17-14(12-7-8-12)11-5-3-2-4-6-11/h2-6,10,12,14H,7-9H2,1H3,(H,17,20). The number of carbonyl (C=O) groups excluding carboxylic acids is 1. The molecule has 0 radical (unpaired) electrons. The van der Waals surface area contributed by atoms with Crippen LogP contribution in [-0.2, 0) is 11.8 Å². The minimum absolute atomic E-state index is 0.0451. The van der Waals surface area contributed by atoms with Crippen molar-refractivity contribution >= 4 is 17.7 Å². The number of amides is 1. The van der Waals surface area contributed by atoms with Gasteiger partial charge in [-0.25, -0.2) is 0 Å². The van der Waals surface area contributed by atoms with E-state index >= 15 is 0 Å². The van der Waals surface area contributed by atoms with Crippen LogP contribution in [0.5, 0.6) is 0 Å². The molecule has 1 atom stereocenters. The number of aromatic nitrogens is 3. The summed E-state index contributed by atoms with van der Waals surface area (Å²) in [5, 5.41) is 11.7. The summed E-state index contributed by atoms with van der Waals surface area (Å²) in [7, 11) is 1.87. The van der Waals surface area contributed by atoms with E-state index in [1.165, 1.54) is 30.2 Å². The lowest BCUT2D eigenvalue weighted by atomic mass is 10.0. The SMILES string of the molecule is Cn1cnnc1SCC(=O)NC(c1ccccc1)C1CC1. The zero-order valence-corrected chi connectivity index (χ0v) is 12.7. The van der Waals surface area contributed by atoms with Crippen LogP contribution in [0.3, 0.4) is 0 Å². The van der Waals surface area contributed by atoms with E-state index in [4.69, 9.17) is 0 Å². The van der Waals surface area contributed by atoms with Gasteiger partial charge in [0.25, 0.3) is 0 Å². The van der Waals surface area contributed by atoms with Crippen molar-refractivity contribution in [2.24, 2.45) is 13.0 Å². The summed E-state index contributed by atoms with van der Waals surface area (Å²) in [4.78, 5) is 12.2. The van der Waals surface area contributed by atoms with Crippen molar-refractivity contribution in [3.63, 3.8) is 0 Å². The van der Waals surface area contributed by atoms with Gasteiger partial charge in [0.15, 0.2) is 5.16 Å². The smallest absolute Gasteiger partial charge is 0.230 e. The van der Waals surface area contributed by atoms with Crippen LogP contribution in [0.1, 0.15) is 24.4 Å². The van der Waals surface area contributed by atoms with E-state index in [0.29, 0.717) is 11.7 Å². The van der Waals surface area contributed by atoms with Gasteiger partial charge in [-0.15, -0.1) is 10.2 Å². The van der Waals surface area contributed by atoms with Crippen LogP contribution >= 0.6 is 11.8 Å². The summed E-state index contributed by atoms with van der Waals surface area (Å²) >= 11 is 1.41. The molecule has 1 amide bonds. The molecule has 0 spiro atoms. The molecule has 2 aromatic rings. The normalized spacial score (nSPS) is 15.7. The van der Waals surface area contributed by atoms with Crippen molar-refractivity contribution < 1.29 is 4.79 Å². The summed E-state index contributed by atoms with van der Waals surface area (Å²) in [6.07, 6.45) is 4.02. The summed E-state index contributed by atoms with van der Waals surface area (Å²) in [5.74, 6) is 0.989. The van der Waals surface area contributed by atoms with Crippen LogP contribution in [0, 0.1) is 5.92 Å². The molecular formula is C15H18N4OS. The summed E-state index contributed by atoms with van der Waals surface area (Å²) in [6.45, 7) is 0. The van der Waals surface area contributed by atoms with Gasteiger partial charge in [-0.1, -0.05) is 42.1 Å². The average molecular weight is 302 g/mol. The van der Waals surface area contributed by atoms with Gasteiger partial charge in [-0.3, -0.25) is 4.79 Å². The summed E-state index contributed by atoms with van der Waals surface area (Å²) in [5.41, 5.74) is 1.19. The fraction of sp³-hybridized carbons (Fsp3) is 0.400. The van der Waals surface area contributed by atoms with Crippen molar-refractivity contribution in [1.82, 2.24) is 20.1 Å². The number of carbonyl (C=O) groups is 1. The third-order valence-corrected chi connectivity index (χ3v) is 4.61. The summed E-state index contributed by atoms with van der Waals surface area (Å²) in [6, 6.07) is 10.3. The molecular weight excluding hydrogens is 284 g/mol. The molecule has 1 aliphatic rings. The number of hydrogen-bond donors (Lipinski definition) is 1. The van der Waals surface area contributed by atoms with Crippen molar-refractivity contribution in [1.29, 1.82) is 0 Å². The van der Waals surface area contributed by atoms with Gasteiger partial charge in [0.1, 0.15) is 6.33 Å². The van der Waals surface area contributed by atoms with E-state index in [1.807, 2.05) is 29.8 Å². The molecule has 6 heteroatoms. The molecule has 3 rings (SSSR count). The van der Waals surface area contributed by atoms with E-state index in [0.717, 1.165) is 5.16 Å².